The Labute approximate surface area is 184 Å². The molecule has 170 valence electrons. The van der Waals surface area contributed by atoms with Crippen LogP contribution in [0.1, 0.15) is 25.3 Å². The van der Waals surface area contributed by atoms with Crippen LogP contribution in [0.15, 0.2) is 45.6 Å². The number of ether oxygens (including phenoxy) is 2. The number of aryl methyl sites for hydroxylation is 1. The van der Waals surface area contributed by atoms with Gasteiger partial charge >= 0.3 is 5.76 Å². The van der Waals surface area contributed by atoms with Crippen molar-refractivity contribution in [2.75, 3.05) is 20.8 Å². The molecule has 0 radical (unpaired) electrons. The first-order valence-electron chi connectivity index (χ1n) is 10.1. The largest absolute Gasteiger partial charge is 0.493 e. The van der Waals surface area contributed by atoms with E-state index in [2.05, 4.69) is 0 Å². The van der Waals surface area contributed by atoms with Crippen molar-refractivity contribution in [2.24, 2.45) is 0 Å². The number of aromatic nitrogens is 1. The van der Waals surface area contributed by atoms with E-state index in [1.807, 2.05) is 19.1 Å². The number of methoxy groups -OCH3 is 2. The first kappa shape index (κ1) is 22.9. The lowest BCUT2D eigenvalue weighted by Gasteiger charge is -2.21. The minimum Gasteiger partial charge on any atom is -0.493 e. The molecule has 1 heterocycles. The Balaban J connectivity index is 1.64. The van der Waals surface area contributed by atoms with E-state index in [4.69, 9.17) is 13.9 Å². The fourth-order valence-corrected chi connectivity index (χ4v) is 3.50. The molecule has 3 rings (SSSR count). The Bertz CT molecular complexity index is 1180. The molecular formula is C22H25N3O7. The monoisotopic (exact) mass is 443 g/mol. The van der Waals surface area contributed by atoms with E-state index < -0.39 is 10.7 Å². The second-order valence-electron chi connectivity index (χ2n) is 7.13. The molecule has 0 saturated carbocycles. The number of hydrogen-bond acceptors (Lipinski definition) is 7. The molecule has 0 aliphatic rings. The van der Waals surface area contributed by atoms with Crippen LogP contribution in [0, 0.1) is 10.1 Å². The highest BCUT2D eigenvalue weighted by atomic mass is 16.6. The van der Waals surface area contributed by atoms with Crippen LogP contribution in [-0.2, 0) is 17.9 Å². The van der Waals surface area contributed by atoms with Crippen molar-refractivity contribution in [3.63, 3.8) is 0 Å². The number of fused-ring (bicyclic) bond motifs is 1. The summed E-state index contributed by atoms with van der Waals surface area (Å²) in [6.45, 7) is 3.13. The predicted molar refractivity (Wildman–Crippen MR) is 117 cm³/mol. The first-order valence-corrected chi connectivity index (χ1v) is 10.1. The summed E-state index contributed by atoms with van der Waals surface area (Å²) in [4.78, 5) is 37.0. The molecule has 0 unspecified atom stereocenters. The molecular weight excluding hydrogens is 418 g/mol. The van der Waals surface area contributed by atoms with Gasteiger partial charge in [-0.1, -0.05) is 6.07 Å². The Morgan fingerprint density at radius 2 is 1.91 bits per heavy atom. The number of non-ortho nitro benzene ring substituents is 1. The highest BCUT2D eigenvalue weighted by molar-refractivity contribution is 5.77. The van der Waals surface area contributed by atoms with E-state index in [0.717, 1.165) is 5.56 Å². The van der Waals surface area contributed by atoms with Gasteiger partial charge in [-0.2, -0.15) is 0 Å². The van der Waals surface area contributed by atoms with Crippen LogP contribution in [0.5, 0.6) is 11.5 Å². The summed E-state index contributed by atoms with van der Waals surface area (Å²) >= 11 is 0. The minimum absolute atomic E-state index is 0.0428. The molecule has 0 bridgehead atoms. The number of nitro groups is 1. The SMILES string of the molecule is CCN(Cc1ccc(OC)c(OC)c1)C(=O)CCCn1c(=O)oc2cc([N+](=O)[O-])ccc21. The van der Waals surface area contributed by atoms with Crippen molar-refractivity contribution in [1.29, 1.82) is 0 Å². The molecule has 0 fully saturated rings. The van der Waals surface area contributed by atoms with Crippen molar-refractivity contribution >= 4 is 22.7 Å². The Morgan fingerprint density at radius 1 is 1.16 bits per heavy atom. The van der Waals surface area contributed by atoms with Gasteiger partial charge in [-0.05, 0) is 37.1 Å². The third-order valence-corrected chi connectivity index (χ3v) is 5.19. The van der Waals surface area contributed by atoms with E-state index in [-0.39, 0.29) is 30.1 Å². The van der Waals surface area contributed by atoms with Crippen molar-refractivity contribution in [3.05, 3.63) is 62.6 Å². The highest BCUT2D eigenvalue weighted by Gasteiger charge is 2.16. The molecule has 0 atom stereocenters. The van der Waals surface area contributed by atoms with Crippen LogP contribution in [0.2, 0.25) is 0 Å². The summed E-state index contributed by atoms with van der Waals surface area (Å²) in [7, 11) is 3.12. The van der Waals surface area contributed by atoms with Crippen molar-refractivity contribution < 1.29 is 23.6 Å². The van der Waals surface area contributed by atoms with Gasteiger partial charge in [0.05, 0.1) is 30.7 Å². The summed E-state index contributed by atoms with van der Waals surface area (Å²) in [5.41, 5.74) is 1.38. The van der Waals surface area contributed by atoms with Crippen molar-refractivity contribution in [3.8, 4) is 11.5 Å². The maximum atomic E-state index is 12.7. The third-order valence-electron chi connectivity index (χ3n) is 5.19. The van der Waals surface area contributed by atoms with Crippen molar-refractivity contribution in [2.45, 2.75) is 32.9 Å². The predicted octanol–water partition coefficient (Wildman–Crippen LogP) is 3.35. The van der Waals surface area contributed by atoms with E-state index in [9.17, 15) is 19.7 Å². The quantitative estimate of drug-likeness (QED) is 0.348. The second kappa shape index (κ2) is 9.99. The molecule has 2 aromatic carbocycles. The lowest BCUT2D eigenvalue weighted by atomic mass is 10.1. The van der Waals surface area contributed by atoms with E-state index in [1.54, 1.807) is 25.2 Å². The Morgan fingerprint density at radius 3 is 2.56 bits per heavy atom. The molecule has 1 amide bonds. The lowest BCUT2D eigenvalue weighted by Crippen LogP contribution is -2.30. The van der Waals surface area contributed by atoms with Crippen LogP contribution < -0.4 is 15.2 Å². The Hall–Kier alpha value is -3.82. The van der Waals surface area contributed by atoms with Crippen LogP contribution in [-0.4, -0.2) is 41.1 Å². The van der Waals surface area contributed by atoms with Gasteiger partial charge < -0.3 is 18.8 Å². The highest BCUT2D eigenvalue weighted by Crippen LogP contribution is 2.28. The van der Waals surface area contributed by atoms with Gasteiger partial charge in [-0.25, -0.2) is 4.79 Å². The number of carbonyl (C=O) groups excluding carboxylic acids is 1. The standard InChI is InChI=1S/C22H25N3O7/c1-4-23(14-15-7-10-18(30-2)20(12-15)31-3)21(26)6-5-11-24-17-9-8-16(25(28)29)13-19(17)32-22(24)27/h7-10,12-13H,4-6,11,14H2,1-3H3. The molecule has 3 aromatic rings. The molecule has 0 spiro atoms. The fraction of sp³-hybridized carbons (Fsp3) is 0.364. The third kappa shape index (κ3) is 4.90. The van der Waals surface area contributed by atoms with Crippen molar-refractivity contribution in [1.82, 2.24) is 9.47 Å². The van der Waals surface area contributed by atoms with Gasteiger partial charge in [0.15, 0.2) is 17.1 Å². The molecule has 0 aliphatic heterocycles. The summed E-state index contributed by atoms with van der Waals surface area (Å²) in [6.07, 6.45) is 0.667. The maximum Gasteiger partial charge on any atom is 0.419 e. The van der Waals surface area contributed by atoms with E-state index in [0.29, 0.717) is 36.5 Å². The van der Waals surface area contributed by atoms with Gasteiger partial charge in [0, 0.05) is 32.1 Å². The summed E-state index contributed by atoms with van der Waals surface area (Å²) in [5.74, 6) is 0.568. The number of carbonyl (C=O) groups is 1. The van der Waals surface area contributed by atoms with Crippen LogP contribution in [0.25, 0.3) is 11.1 Å². The molecule has 32 heavy (non-hydrogen) atoms. The van der Waals surface area contributed by atoms with Crippen LogP contribution >= 0.6 is 0 Å². The van der Waals surface area contributed by atoms with Crippen LogP contribution in [0.3, 0.4) is 0 Å². The maximum absolute atomic E-state index is 12.7. The molecule has 0 saturated heterocycles. The normalized spacial score (nSPS) is 10.8. The minimum atomic E-state index is -0.606. The second-order valence-corrected chi connectivity index (χ2v) is 7.13. The summed E-state index contributed by atoms with van der Waals surface area (Å²) < 4.78 is 17.1. The summed E-state index contributed by atoms with van der Waals surface area (Å²) in [6, 6.07) is 9.54. The van der Waals surface area contributed by atoms with E-state index in [1.165, 1.54) is 22.8 Å². The average Bonchev–Trinajstić information content (AvgIpc) is 3.11. The van der Waals surface area contributed by atoms with E-state index >= 15 is 0 Å². The molecule has 10 nitrogen and oxygen atoms in total. The topological polar surface area (TPSA) is 117 Å². The average molecular weight is 443 g/mol. The molecule has 1 aromatic heterocycles. The molecule has 0 aliphatic carbocycles. The zero-order valence-corrected chi connectivity index (χ0v) is 18.2. The van der Waals surface area contributed by atoms with Gasteiger partial charge in [0.25, 0.3) is 5.69 Å². The zero-order valence-electron chi connectivity index (χ0n) is 18.2. The van der Waals surface area contributed by atoms with Gasteiger partial charge in [-0.15, -0.1) is 0 Å². The molecule has 0 N–H and O–H groups in total. The smallest absolute Gasteiger partial charge is 0.419 e. The van der Waals surface area contributed by atoms with Crippen LogP contribution in [0.4, 0.5) is 5.69 Å². The zero-order chi connectivity index (χ0) is 23.3. The Kier molecular flexibility index (Phi) is 7.14. The molecule has 10 heteroatoms. The van der Waals surface area contributed by atoms with Gasteiger partial charge in [0.1, 0.15) is 0 Å². The van der Waals surface area contributed by atoms with Gasteiger partial charge in [-0.3, -0.25) is 19.5 Å². The number of benzene rings is 2. The number of rotatable bonds is 10. The first-order chi connectivity index (χ1) is 15.4. The number of nitrogens with zero attached hydrogens (tertiary/aromatic N) is 3. The summed E-state index contributed by atoms with van der Waals surface area (Å²) in [5, 5.41) is 10.9. The number of hydrogen-bond donors (Lipinski definition) is 0. The number of nitro benzene ring substituents is 1. The number of oxazole rings is 1. The van der Waals surface area contributed by atoms with Gasteiger partial charge in [0.2, 0.25) is 5.91 Å². The lowest BCUT2D eigenvalue weighted by molar-refractivity contribution is -0.384. The fourth-order valence-electron chi connectivity index (χ4n) is 3.50. The number of amides is 1.